The summed E-state index contributed by atoms with van der Waals surface area (Å²) in [4.78, 5) is 18.1. The average molecular weight is 279 g/mol. The Hall–Kier alpha value is -1.62. The molecule has 1 heterocycles. The summed E-state index contributed by atoms with van der Waals surface area (Å²) in [5, 5.41) is 12.0. The Morgan fingerprint density at radius 3 is 2.65 bits per heavy atom. The number of anilines is 1. The van der Waals surface area contributed by atoms with E-state index in [1.807, 2.05) is 13.0 Å². The zero-order valence-electron chi connectivity index (χ0n) is 12.6. The number of aliphatic hydroxyl groups excluding tert-OH is 1. The van der Waals surface area contributed by atoms with Gasteiger partial charge in [0.05, 0.1) is 6.61 Å². The van der Waals surface area contributed by atoms with Crippen molar-refractivity contribution >= 4 is 11.6 Å². The number of pyridine rings is 1. The Morgan fingerprint density at radius 2 is 2.10 bits per heavy atom. The van der Waals surface area contributed by atoms with E-state index < -0.39 is 0 Å². The molecule has 20 heavy (non-hydrogen) atoms. The summed E-state index contributed by atoms with van der Waals surface area (Å²) in [6, 6.07) is 4.03. The molecule has 2 N–H and O–H groups in total. The first-order valence-corrected chi connectivity index (χ1v) is 7.29. The van der Waals surface area contributed by atoms with Gasteiger partial charge in [0.15, 0.2) is 0 Å². The lowest BCUT2D eigenvalue weighted by Gasteiger charge is -2.32. The molecule has 5 heteroatoms. The lowest BCUT2D eigenvalue weighted by Crippen LogP contribution is -2.37. The molecule has 0 bridgehead atoms. The van der Waals surface area contributed by atoms with Crippen LogP contribution < -0.4 is 10.2 Å². The van der Waals surface area contributed by atoms with Crippen LogP contribution in [0.25, 0.3) is 0 Å². The van der Waals surface area contributed by atoms with E-state index in [9.17, 15) is 9.90 Å². The molecule has 0 atom stereocenters. The number of amides is 1. The molecule has 0 aliphatic carbocycles. The van der Waals surface area contributed by atoms with E-state index in [1.165, 1.54) is 0 Å². The first kappa shape index (κ1) is 16.4. The minimum Gasteiger partial charge on any atom is -0.395 e. The van der Waals surface area contributed by atoms with E-state index >= 15 is 0 Å². The summed E-state index contributed by atoms with van der Waals surface area (Å²) in [6.45, 7) is 7.37. The van der Waals surface area contributed by atoms with E-state index in [-0.39, 0.29) is 12.5 Å². The van der Waals surface area contributed by atoms with Crippen LogP contribution in [0.5, 0.6) is 0 Å². The molecule has 112 valence electrons. The second kappa shape index (κ2) is 8.53. The lowest BCUT2D eigenvalue weighted by atomic mass is 10.1. The van der Waals surface area contributed by atoms with Gasteiger partial charge >= 0.3 is 0 Å². The molecular weight excluding hydrogens is 254 g/mol. The molecule has 0 saturated heterocycles. The predicted molar refractivity (Wildman–Crippen MR) is 81.0 cm³/mol. The SMILES string of the molecule is CCNC(=O)c1cc(N(CCO)C(CC)CC)ccn1. The fourth-order valence-corrected chi connectivity index (χ4v) is 2.33. The van der Waals surface area contributed by atoms with Crippen LogP contribution in [0.4, 0.5) is 5.69 Å². The van der Waals surface area contributed by atoms with Gasteiger partial charge in [0.2, 0.25) is 0 Å². The highest BCUT2D eigenvalue weighted by Gasteiger charge is 2.17. The maximum absolute atomic E-state index is 11.8. The van der Waals surface area contributed by atoms with Crippen LogP contribution in [0.2, 0.25) is 0 Å². The fraction of sp³-hybridized carbons (Fsp3) is 0.600. The Kier molecular flexibility index (Phi) is 7.01. The van der Waals surface area contributed by atoms with Crippen molar-refractivity contribution in [2.45, 2.75) is 39.7 Å². The van der Waals surface area contributed by atoms with Crippen molar-refractivity contribution in [3.63, 3.8) is 0 Å². The van der Waals surface area contributed by atoms with Crippen LogP contribution in [0, 0.1) is 0 Å². The molecule has 1 aromatic heterocycles. The summed E-state index contributed by atoms with van der Waals surface area (Å²) >= 11 is 0. The van der Waals surface area contributed by atoms with Gasteiger partial charge in [-0.2, -0.15) is 0 Å². The molecule has 1 amide bonds. The number of rotatable bonds is 8. The van der Waals surface area contributed by atoms with Crippen LogP contribution in [0.15, 0.2) is 18.3 Å². The zero-order chi connectivity index (χ0) is 15.0. The van der Waals surface area contributed by atoms with Crippen LogP contribution in [-0.2, 0) is 0 Å². The third kappa shape index (κ3) is 4.20. The molecular formula is C15H25N3O2. The second-order valence-electron chi connectivity index (χ2n) is 4.65. The van der Waals surface area contributed by atoms with Crippen LogP contribution in [-0.4, -0.2) is 41.7 Å². The van der Waals surface area contributed by atoms with Crippen LogP contribution in [0.3, 0.4) is 0 Å². The third-order valence-electron chi connectivity index (χ3n) is 3.37. The van der Waals surface area contributed by atoms with Gasteiger partial charge in [0, 0.05) is 31.0 Å². The van der Waals surface area contributed by atoms with Gasteiger partial charge in [-0.3, -0.25) is 9.78 Å². The predicted octanol–water partition coefficient (Wildman–Crippen LogP) is 1.82. The molecule has 5 nitrogen and oxygen atoms in total. The van der Waals surface area contributed by atoms with Gasteiger partial charge in [-0.1, -0.05) is 13.8 Å². The van der Waals surface area contributed by atoms with Gasteiger partial charge < -0.3 is 15.3 Å². The smallest absolute Gasteiger partial charge is 0.269 e. The summed E-state index contributed by atoms with van der Waals surface area (Å²) in [6.07, 6.45) is 3.64. The van der Waals surface area contributed by atoms with Crippen LogP contribution in [0.1, 0.15) is 44.1 Å². The number of nitrogens with zero attached hydrogens (tertiary/aromatic N) is 2. The average Bonchev–Trinajstić information content (AvgIpc) is 2.48. The first-order valence-electron chi connectivity index (χ1n) is 7.29. The van der Waals surface area contributed by atoms with Gasteiger partial charge in [-0.15, -0.1) is 0 Å². The highest BCUT2D eigenvalue weighted by Crippen LogP contribution is 2.20. The maximum atomic E-state index is 11.8. The van der Waals surface area contributed by atoms with Gasteiger partial charge in [-0.25, -0.2) is 0 Å². The Balaban J connectivity index is 3.01. The van der Waals surface area contributed by atoms with Crippen molar-refractivity contribution in [3.8, 4) is 0 Å². The summed E-state index contributed by atoms with van der Waals surface area (Å²) < 4.78 is 0. The lowest BCUT2D eigenvalue weighted by molar-refractivity contribution is 0.0951. The summed E-state index contributed by atoms with van der Waals surface area (Å²) in [5.74, 6) is -0.164. The number of nitrogens with one attached hydrogen (secondary N) is 1. The van der Waals surface area contributed by atoms with Gasteiger partial charge in [0.25, 0.3) is 5.91 Å². The monoisotopic (exact) mass is 279 g/mol. The fourth-order valence-electron chi connectivity index (χ4n) is 2.33. The molecule has 0 aromatic carbocycles. The summed E-state index contributed by atoms with van der Waals surface area (Å²) in [7, 11) is 0. The number of carbonyl (C=O) groups is 1. The Labute approximate surface area is 121 Å². The molecule has 0 spiro atoms. The molecule has 0 aliphatic rings. The zero-order valence-corrected chi connectivity index (χ0v) is 12.6. The van der Waals surface area contributed by atoms with Crippen molar-refractivity contribution in [2.75, 3.05) is 24.6 Å². The van der Waals surface area contributed by atoms with Gasteiger partial charge in [0.1, 0.15) is 5.69 Å². The minimum atomic E-state index is -0.164. The Morgan fingerprint density at radius 1 is 1.40 bits per heavy atom. The van der Waals surface area contributed by atoms with Crippen LogP contribution >= 0.6 is 0 Å². The third-order valence-corrected chi connectivity index (χ3v) is 3.37. The number of aromatic nitrogens is 1. The van der Waals surface area contributed by atoms with Crippen molar-refractivity contribution in [1.82, 2.24) is 10.3 Å². The van der Waals surface area contributed by atoms with E-state index in [4.69, 9.17) is 0 Å². The van der Waals surface area contributed by atoms with E-state index in [0.717, 1.165) is 18.5 Å². The first-order chi connectivity index (χ1) is 9.67. The van der Waals surface area contributed by atoms with E-state index in [2.05, 4.69) is 29.0 Å². The largest absolute Gasteiger partial charge is 0.395 e. The highest BCUT2D eigenvalue weighted by molar-refractivity contribution is 5.93. The topological polar surface area (TPSA) is 65.5 Å². The van der Waals surface area contributed by atoms with Gasteiger partial charge in [-0.05, 0) is 31.9 Å². The molecule has 0 saturated carbocycles. The standard InChI is InChI=1S/C15H25N3O2/c1-4-12(5-2)18(9-10-19)13-7-8-17-14(11-13)15(20)16-6-3/h7-8,11-12,19H,4-6,9-10H2,1-3H3,(H,16,20). The van der Waals surface area contributed by atoms with Crippen molar-refractivity contribution < 1.29 is 9.90 Å². The molecule has 0 radical (unpaired) electrons. The molecule has 1 aromatic rings. The maximum Gasteiger partial charge on any atom is 0.269 e. The van der Waals surface area contributed by atoms with E-state index in [1.54, 1.807) is 12.3 Å². The van der Waals surface area contributed by atoms with Crippen molar-refractivity contribution in [1.29, 1.82) is 0 Å². The van der Waals surface area contributed by atoms with Crippen molar-refractivity contribution in [2.24, 2.45) is 0 Å². The Bertz CT molecular complexity index is 419. The molecule has 1 rings (SSSR count). The van der Waals surface area contributed by atoms with E-state index in [0.29, 0.717) is 24.8 Å². The molecule has 0 unspecified atom stereocenters. The number of aliphatic hydroxyl groups is 1. The number of hydrogen-bond acceptors (Lipinski definition) is 4. The molecule has 0 aliphatic heterocycles. The normalized spacial score (nSPS) is 10.7. The second-order valence-corrected chi connectivity index (χ2v) is 4.65. The highest BCUT2D eigenvalue weighted by atomic mass is 16.3. The molecule has 0 fully saturated rings. The summed E-state index contributed by atoms with van der Waals surface area (Å²) in [5.41, 5.74) is 1.35. The number of carbonyl (C=O) groups excluding carboxylic acids is 1. The number of hydrogen-bond donors (Lipinski definition) is 2. The minimum absolute atomic E-state index is 0.0926. The quantitative estimate of drug-likeness (QED) is 0.762. The van der Waals surface area contributed by atoms with Crippen molar-refractivity contribution in [3.05, 3.63) is 24.0 Å².